The molecule has 4 aliphatic carbocycles. The quantitative estimate of drug-likeness (QED) is 0.220. The number of allylic oxidation sites excluding steroid dienone is 1. The number of aliphatic carboxylic acids is 1. The van der Waals surface area contributed by atoms with Gasteiger partial charge in [0.05, 0.1) is 25.7 Å². The number of nitrogens with zero attached hydrogens (tertiary/aromatic N) is 1. The molecule has 2 bridgehead atoms. The van der Waals surface area contributed by atoms with Crippen molar-refractivity contribution < 1.29 is 33.7 Å². The van der Waals surface area contributed by atoms with Crippen molar-refractivity contribution in [2.45, 2.75) is 125 Å². The molecular formula is C40H64N2O7. The average Bonchev–Trinajstić information content (AvgIpc) is 3.43. The van der Waals surface area contributed by atoms with Gasteiger partial charge in [-0.3, -0.25) is 14.4 Å². The Balaban J connectivity index is 1.31. The minimum absolute atomic E-state index is 0.115. The Morgan fingerprint density at radius 3 is 2.41 bits per heavy atom. The van der Waals surface area contributed by atoms with Gasteiger partial charge in [0.1, 0.15) is 12.2 Å². The maximum atomic E-state index is 13.4. The van der Waals surface area contributed by atoms with Gasteiger partial charge in [-0.1, -0.05) is 60.1 Å². The summed E-state index contributed by atoms with van der Waals surface area (Å²) in [7, 11) is 2.12. The third-order valence-corrected chi connectivity index (χ3v) is 16.0. The summed E-state index contributed by atoms with van der Waals surface area (Å²) in [6.07, 6.45) is 8.55. The van der Waals surface area contributed by atoms with E-state index in [0.29, 0.717) is 38.0 Å². The number of rotatable bonds is 9. The van der Waals surface area contributed by atoms with Crippen molar-refractivity contribution in [2.24, 2.45) is 56.7 Å². The lowest BCUT2D eigenvalue weighted by Gasteiger charge is -2.71. The molecule has 2 heterocycles. The number of carboxylic acids is 1. The lowest BCUT2D eigenvalue weighted by Crippen LogP contribution is -2.70. The minimum Gasteiger partial charge on any atom is -0.481 e. The highest BCUT2D eigenvalue weighted by atomic mass is 16.6. The van der Waals surface area contributed by atoms with Gasteiger partial charge in [-0.25, -0.2) is 0 Å². The second kappa shape index (κ2) is 12.9. The standard InChI is InChI=1S/C40H64N2O7/c1-24(2)25(3)36(5)16-17-38(7)28-12-13-31-37(6)22-47-23-40(31,29(28)14-15-39(38,8)33(36)35(45)46)19-30(48-26(4)43)34(37)49-32(44)21-41-20-27-11-10-18-42(27)9/h14,24-25,27-28,30-31,33-34,41H,10-13,15-23H2,1-9H3,(H,45,46)/t25-,27?,28+,30-,31+,33-,34+,36-,37-,38-,39+,40+/m1/s1. The van der Waals surface area contributed by atoms with Gasteiger partial charge in [0, 0.05) is 30.3 Å². The van der Waals surface area contributed by atoms with E-state index in [1.807, 2.05) is 0 Å². The fourth-order valence-electron chi connectivity index (χ4n) is 12.9. The molecule has 6 rings (SSSR count). The van der Waals surface area contributed by atoms with E-state index in [1.165, 1.54) is 18.9 Å². The van der Waals surface area contributed by atoms with Crippen LogP contribution in [0.15, 0.2) is 11.6 Å². The van der Waals surface area contributed by atoms with Crippen LogP contribution >= 0.6 is 0 Å². The Hall–Kier alpha value is -1.97. The molecule has 0 aromatic rings. The molecule has 0 spiro atoms. The zero-order valence-corrected chi connectivity index (χ0v) is 31.7. The van der Waals surface area contributed by atoms with Crippen molar-refractivity contribution in [3.63, 3.8) is 0 Å². The first-order chi connectivity index (χ1) is 22.9. The summed E-state index contributed by atoms with van der Waals surface area (Å²) in [6, 6.07) is 0.422. The van der Waals surface area contributed by atoms with Gasteiger partial charge in [-0.15, -0.1) is 0 Å². The zero-order chi connectivity index (χ0) is 35.7. The number of likely N-dealkylation sites (N-methyl/N-ethyl adjacent to an activating group) is 1. The molecule has 276 valence electrons. The molecule has 0 aromatic heterocycles. The van der Waals surface area contributed by atoms with Crippen molar-refractivity contribution in [1.29, 1.82) is 0 Å². The van der Waals surface area contributed by atoms with Gasteiger partial charge >= 0.3 is 17.9 Å². The van der Waals surface area contributed by atoms with Crippen molar-refractivity contribution in [3.8, 4) is 0 Å². The Morgan fingerprint density at radius 2 is 1.78 bits per heavy atom. The third-order valence-electron chi connectivity index (χ3n) is 16.0. The average molecular weight is 685 g/mol. The van der Waals surface area contributed by atoms with Crippen LogP contribution in [-0.2, 0) is 28.6 Å². The largest absolute Gasteiger partial charge is 0.481 e. The number of hydrogen-bond donors (Lipinski definition) is 2. The van der Waals surface area contributed by atoms with Crippen molar-refractivity contribution in [2.75, 3.05) is 39.9 Å². The molecule has 2 N–H and O–H groups in total. The topological polar surface area (TPSA) is 114 Å². The fraction of sp³-hybridized carbons (Fsp3) is 0.875. The smallest absolute Gasteiger partial charge is 0.320 e. The molecule has 6 aliphatic rings. The second-order valence-corrected chi connectivity index (χ2v) is 18.5. The number of nitrogens with one attached hydrogen (secondary N) is 1. The van der Waals surface area contributed by atoms with E-state index in [0.717, 1.165) is 45.2 Å². The molecule has 49 heavy (non-hydrogen) atoms. The molecule has 2 saturated heterocycles. The van der Waals surface area contributed by atoms with Crippen LogP contribution < -0.4 is 5.32 Å². The Morgan fingerprint density at radius 1 is 1.04 bits per heavy atom. The zero-order valence-electron chi connectivity index (χ0n) is 31.7. The predicted octanol–water partition coefficient (Wildman–Crippen LogP) is 6.10. The van der Waals surface area contributed by atoms with E-state index >= 15 is 0 Å². The normalized spacial score (nSPS) is 45.4. The maximum Gasteiger partial charge on any atom is 0.320 e. The Labute approximate surface area is 294 Å². The summed E-state index contributed by atoms with van der Waals surface area (Å²) < 4.78 is 19.0. The number of carbonyl (C=O) groups excluding carboxylic acids is 2. The molecular weight excluding hydrogens is 620 g/mol. The van der Waals surface area contributed by atoms with Gasteiger partial charge in [-0.05, 0) is 105 Å². The van der Waals surface area contributed by atoms with Crippen LogP contribution in [0.5, 0.6) is 0 Å². The summed E-state index contributed by atoms with van der Waals surface area (Å²) in [5.41, 5.74) is -0.432. The first kappa shape index (κ1) is 36.8. The SMILES string of the molecule is CC(=O)O[C@@H]1C[C@@]23COC[C@](C)([C@@H]2CC[C@H]2C3=CC[C@@]3(C)[C@H](C(=O)O)[C@@](C)([C@H](C)C(C)C)CC[C@]23C)[C@H]1OC(=O)CNCC1CCCN1C. The summed E-state index contributed by atoms with van der Waals surface area (Å²) in [5, 5.41) is 14.3. The van der Waals surface area contributed by atoms with Crippen LogP contribution in [-0.4, -0.2) is 86.1 Å². The van der Waals surface area contributed by atoms with Crippen LogP contribution in [0.4, 0.5) is 0 Å². The highest BCUT2D eigenvalue weighted by Gasteiger charge is 2.72. The van der Waals surface area contributed by atoms with Gasteiger partial charge in [-0.2, -0.15) is 0 Å². The predicted molar refractivity (Wildman–Crippen MR) is 188 cm³/mol. The lowest BCUT2D eigenvalue weighted by molar-refractivity contribution is -0.262. The molecule has 0 amide bonds. The van der Waals surface area contributed by atoms with E-state index in [9.17, 15) is 19.5 Å². The van der Waals surface area contributed by atoms with Crippen LogP contribution in [0, 0.1) is 56.7 Å². The van der Waals surface area contributed by atoms with Crippen molar-refractivity contribution >= 4 is 17.9 Å². The van der Waals surface area contributed by atoms with Crippen LogP contribution in [0.25, 0.3) is 0 Å². The monoisotopic (exact) mass is 684 g/mol. The van der Waals surface area contributed by atoms with E-state index in [4.69, 9.17) is 14.2 Å². The van der Waals surface area contributed by atoms with E-state index < -0.39 is 34.9 Å². The summed E-state index contributed by atoms with van der Waals surface area (Å²) in [4.78, 5) is 41.7. The molecule has 2 aliphatic heterocycles. The van der Waals surface area contributed by atoms with E-state index in [-0.39, 0.29) is 52.5 Å². The minimum atomic E-state index is -0.664. The molecule has 5 fully saturated rings. The molecule has 9 heteroatoms. The number of carbonyl (C=O) groups is 3. The molecule has 0 radical (unpaired) electrons. The molecule has 12 atom stereocenters. The Kier molecular flexibility index (Phi) is 9.70. The number of likely N-dealkylation sites (tertiary alicyclic amines) is 1. The summed E-state index contributed by atoms with van der Waals surface area (Å²) in [5.74, 6) is -0.728. The van der Waals surface area contributed by atoms with Gasteiger partial charge in [0.25, 0.3) is 0 Å². The van der Waals surface area contributed by atoms with Gasteiger partial charge in [0.15, 0.2) is 0 Å². The third kappa shape index (κ3) is 5.62. The first-order valence-electron chi connectivity index (χ1n) is 19.2. The molecule has 9 nitrogen and oxygen atoms in total. The number of hydrogen-bond acceptors (Lipinski definition) is 8. The van der Waals surface area contributed by atoms with Crippen LogP contribution in [0.2, 0.25) is 0 Å². The number of esters is 2. The van der Waals surface area contributed by atoms with Gasteiger partial charge in [0.2, 0.25) is 0 Å². The highest BCUT2D eigenvalue weighted by Crippen LogP contribution is 2.75. The molecule has 1 unspecified atom stereocenters. The first-order valence-corrected chi connectivity index (χ1v) is 19.2. The maximum absolute atomic E-state index is 13.4. The highest BCUT2D eigenvalue weighted by molar-refractivity contribution is 5.73. The number of fused-ring (bicyclic) bond motifs is 3. The second-order valence-electron chi connectivity index (χ2n) is 18.5. The molecule has 3 saturated carbocycles. The fourth-order valence-corrected chi connectivity index (χ4v) is 12.9. The van der Waals surface area contributed by atoms with Crippen molar-refractivity contribution in [3.05, 3.63) is 11.6 Å². The van der Waals surface area contributed by atoms with E-state index in [2.05, 4.69) is 71.8 Å². The van der Waals surface area contributed by atoms with E-state index in [1.54, 1.807) is 0 Å². The Bertz CT molecular complexity index is 1350. The lowest BCUT2D eigenvalue weighted by atomic mass is 9.34. The van der Waals surface area contributed by atoms with Crippen LogP contribution in [0.3, 0.4) is 0 Å². The summed E-state index contributed by atoms with van der Waals surface area (Å²) >= 11 is 0. The number of carboxylic acid groups (broad SMARTS) is 1. The summed E-state index contributed by atoms with van der Waals surface area (Å²) in [6.45, 7) is 20.1. The van der Waals surface area contributed by atoms with Crippen molar-refractivity contribution in [1.82, 2.24) is 10.2 Å². The molecule has 0 aromatic carbocycles. The number of ether oxygens (including phenoxy) is 3. The van der Waals surface area contributed by atoms with Gasteiger partial charge < -0.3 is 29.5 Å². The van der Waals surface area contributed by atoms with Crippen LogP contribution in [0.1, 0.15) is 107 Å².